The Bertz CT molecular complexity index is 131. The molecule has 3 N–H and O–H groups in total. The molecule has 0 aliphatic rings. The summed E-state index contributed by atoms with van der Waals surface area (Å²) in [5.41, 5.74) is 5.86. The van der Waals surface area contributed by atoms with E-state index in [0.29, 0.717) is 25.7 Å². The van der Waals surface area contributed by atoms with Crippen LogP contribution in [-0.2, 0) is 9.47 Å². The normalized spacial score (nSPS) is 15.9. The highest BCUT2D eigenvalue weighted by molar-refractivity contribution is 4.75. The van der Waals surface area contributed by atoms with Crippen molar-refractivity contribution in [3.63, 3.8) is 0 Å². The predicted octanol–water partition coefficient (Wildman–Crippen LogP) is 0.384. The van der Waals surface area contributed by atoms with Crippen LogP contribution < -0.4 is 5.73 Å². The first kappa shape index (κ1) is 13.8. The Kier molecular flexibility index (Phi) is 8.08. The molecule has 0 aliphatic carbocycles. The van der Waals surface area contributed by atoms with Crippen LogP contribution in [0.15, 0.2) is 0 Å². The van der Waals surface area contributed by atoms with Crippen molar-refractivity contribution in [2.24, 2.45) is 11.7 Å². The quantitative estimate of drug-likeness (QED) is 0.562. The van der Waals surface area contributed by atoms with Crippen LogP contribution in [0.2, 0.25) is 0 Å². The summed E-state index contributed by atoms with van der Waals surface area (Å²) >= 11 is 0. The fourth-order valence-corrected chi connectivity index (χ4v) is 1.12. The lowest BCUT2D eigenvalue weighted by Crippen LogP contribution is -2.43. The Morgan fingerprint density at radius 3 is 2.36 bits per heavy atom. The van der Waals surface area contributed by atoms with Crippen LogP contribution in [0.25, 0.3) is 0 Å². The van der Waals surface area contributed by atoms with E-state index in [-0.39, 0.29) is 18.8 Å². The second-order valence-corrected chi connectivity index (χ2v) is 3.61. The Balaban J connectivity index is 3.67. The molecule has 0 radical (unpaired) electrons. The lowest BCUT2D eigenvalue weighted by Gasteiger charge is -2.25. The van der Waals surface area contributed by atoms with Crippen molar-refractivity contribution in [1.29, 1.82) is 0 Å². The van der Waals surface area contributed by atoms with Gasteiger partial charge in [-0.25, -0.2) is 0 Å². The summed E-state index contributed by atoms with van der Waals surface area (Å²) in [6.07, 6.45) is -0.282. The summed E-state index contributed by atoms with van der Waals surface area (Å²) in [4.78, 5) is 0. The molecular weight excluding hydrogens is 182 g/mol. The van der Waals surface area contributed by atoms with Gasteiger partial charge in [0, 0.05) is 12.6 Å². The minimum Gasteiger partial charge on any atom is -0.394 e. The zero-order valence-electron chi connectivity index (χ0n) is 9.40. The zero-order valence-corrected chi connectivity index (χ0v) is 9.40. The molecule has 4 heteroatoms. The van der Waals surface area contributed by atoms with Crippen molar-refractivity contribution in [3.05, 3.63) is 0 Å². The Hall–Kier alpha value is -0.160. The third-order valence-electron chi connectivity index (χ3n) is 2.14. The monoisotopic (exact) mass is 205 g/mol. The maximum Gasteiger partial charge on any atom is 0.0959 e. The van der Waals surface area contributed by atoms with E-state index in [1.807, 2.05) is 20.8 Å². The average Bonchev–Trinajstić information content (AvgIpc) is 2.17. The molecule has 0 aliphatic heterocycles. The standard InChI is InChI=1S/C10H23NO3/c1-4-13-5-6-14-9(7-12)10(11)8(2)3/h8-10,12H,4-7,11H2,1-3H3. The molecule has 2 atom stereocenters. The largest absolute Gasteiger partial charge is 0.394 e. The Morgan fingerprint density at radius 2 is 1.93 bits per heavy atom. The third-order valence-corrected chi connectivity index (χ3v) is 2.14. The van der Waals surface area contributed by atoms with Crippen molar-refractivity contribution < 1.29 is 14.6 Å². The maximum atomic E-state index is 9.06. The van der Waals surface area contributed by atoms with Crippen molar-refractivity contribution in [2.75, 3.05) is 26.4 Å². The fraction of sp³-hybridized carbons (Fsp3) is 1.00. The number of hydrogen-bond acceptors (Lipinski definition) is 4. The summed E-state index contributed by atoms with van der Waals surface area (Å²) in [6, 6.07) is -0.123. The molecular formula is C10H23NO3. The highest BCUT2D eigenvalue weighted by atomic mass is 16.5. The SMILES string of the molecule is CCOCCOC(CO)C(N)C(C)C. The summed E-state index contributed by atoms with van der Waals surface area (Å²) in [5.74, 6) is 0.305. The number of rotatable bonds is 8. The van der Waals surface area contributed by atoms with E-state index in [1.165, 1.54) is 0 Å². The molecule has 14 heavy (non-hydrogen) atoms. The third kappa shape index (κ3) is 5.54. The minimum absolute atomic E-state index is 0.0362. The highest BCUT2D eigenvalue weighted by Crippen LogP contribution is 2.06. The maximum absolute atomic E-state index is 9.06. The molecule has 0 saturated carbocycles. The molecule has 86 valence electrons. The van der Waals surface area contributed by atoms with Gasteiger partial charge >= 0.3 is 0 Å². The van der Waals surface area contributed by atoms with Crippen LogP contribution >= 0.6 is 0 Å². The highest BCUT2D eigenvalue weighted by Gasteiger charge is 2.20. The molecule has 0 aromatic carbocycles. The van der Waals surface area contributed by atoms with E-state index in [0.717, 1.165) is 0 Å². The molecule has 0 spiro atoms. The molecule has 0 heterocycles. The van der Waals surface area contributed by atoms with E-state index in [2.05, 4.69) is 0 Å². The first-order valence-corrected chi connectivity index (χ1v) is 5.19. The van der Waals surface area contributed by atoms with Gasteiger partial charge < -0.3 is 20.3 Å². The van der Waals surface area contributed by atoms with E-state index in [9.17, 15) is 0 Å². The molecule has 0 amide bonds. The number of aliphatic hydroxyl groups excluding tert-OH is 1. The van der Waals surface area contributed by atoms with E-state index in [4.69, 9.17) is 20.3 Å². The number of nitrogens with two attached hydrogens (primary N) is 1. The summed E-state index contributed by atoms with van der Waals surface area (Å²) in [6.45, 7) is 7.65. The van der Waals surface area contributed by atoms with Crippen molar-refractivity contribution in [2.45, 2.75) is 32.9 Å². The van der Waals surface area contributed by atoms with Crippen molar-refractivity contribution >= 4 is 0 Å². The first-order chi connectivity index (χ1) is 6.63. The van der Waals surface area contributed by atoms with Gasteiger partial charge in [-0.05, 0) is 12.8 Å². The van der Waals surface area contributed by atoms with Crippen LogP contribution in [0.1, 0.15) is 20.8 Å². The molecule has 0 aromatic heterocycles. The molecule has 0 fully saturated rings. The summed E-state index contributed by atoms with van der Waals surface area (Å²) in [7, 11) is 0. The molecule has 0 bridgehead atoms. The van der Waals surface area contributed by atoms with Gasteiger partial charge in [-0.2, -0.15) is 0 Å². The van der Waals surface area contributed by atoms with E-state index >= 15 is 0 Å². The Morgan fingerprint density at radius 1 is 1.29 bits per heavy atom. The van der Waals surface area contributed by atoms with Crippen LogP contribution in [0.5, 0.6) is 0 Å². The first-order valence-electron chi connectivity index (χ1n) is 5.19. The molecule has 0 saturated heterocycles. The van der Waals surface area contributed by atoms with Gasteiger partial charge in [-0.15, -0.1) is 0 Å². The van der Waals surface area contributed by atoms with Crippen LogP contribution in [-0.4, -0.2) is 43.7 Å². The van der Waals surface area contributed by atoms with Gasteiger partial charge in [-0.3, -0.25) is 0 Å². The van der Waals surface area contributed by atoms with Crippen molar-refractivity contribution in [1.82, 2.24) is 0 Å². The van der Waals surface area contributed by atoms with Crippen molar-refractivity contribution in [3.8, 4) is 0 Å². The van der Waals surface area contributed by atoms with E-state index in [1.54, 1.807) is 0 Å². The molecule has 4 nitrogen and oxygen atoms in total. The van der Waals surface area contributed by atoms with Crippen LogP contribution in [0, 0.1) is 5.92 Å². The van der Waals surface area contributed by atoms with E-state index < -0.39 is 0 Å². The molecule has 0 rings (SSSR count). The zero-order chi connectivity index (χ0) is 11.0. The van der Waals surface area contributed by atoms with Gasteiger partial charge in [0.15, 0.2) is 0 Å². The van der Waals surface area contributed by atoms with Gasteiger partial charge in [-0.1, -0.05) is 13.8 Å². The molecule has 0 aromatic rings. The summed E-state index contributed by atoms with van der Waals surface area (Å²) in [5, 5.41) is 9.06. The average molecular weight is 205 g/mol. The van der Waals surface area contributed by atoms with Crippen LogP contribution in [0.4, 0.5) is 0 Å². The minimum atomic E-state index is -0.282. The van der Waals surface area contributed by atoms with Gasteiger partial charge in [0.25, 0.3) is 0 Å². The van der Waals surface area contributed by atoms with Gasteiger partial charge in [0.05, 0.1) is 25.9 Å². The predicted molar refractivity (Wildman–Crippen MR) is 56.1 cm³/mol. The second-order valence-electron chi connectivity index (χ2n) is 3.61. The smallest absolute Gasteiger partial charge is 0.0959 e. The second kappa shape index (κ2) is 8.17. The lowest BCUT2D eigenvalue weighted by atomic mass is 10.0. The number of ether oxygens (including phenoxy) is 2. The summed E-state index contributed by atoms with van der Waals surface area (Å²) < 4.78 is 10.5. The number of aliphatic hydroxyl groups is 1. The molecule has 2 unspecified atom stereocenters. The van der Waals surface area contributed by atoms with Crippen LogP contribution in [0.3, 0.4) is 0 Å². The lowest BCUT2D eigenvalue weighted by molar-refractivity contribution is -0.0349. The fourth-order valence-electron chi connectivity index (χ4n) is 1.12. The Labute approximate surface area is 86.4 Å². The van der Waals surface area contributed by atoms with Gasteiger partial charge in [0.2, 0.25) is 0 Å². The topological polar surface area (TPSA) is 64.7 Å². The number of hydrogen-bond donors (Lipinski definition) is 2. The van der Waals surface area contributed by atoms with Gasteiger partial charge in [0.1, 0.15) is 0 Å².